The minimum absolute atomic E-state index is 0.291. The Bertz CT molecular complexity index is 1190. The molecule has 2 aromatic heterocycles. The summed E-state index contributed by atoms with van der Waals surface area (Å²) in [5.41, 5.74) is 2.02. The molecule has 0 saturated carbocycles. The highest BCUT2D eigenvalue weighted by Crippen LogP contribution is 2.37. The van der Waals surface area contributed by atoms with E-state index >= 15 is 0 Å². The van der Waals surface area contributed by atoms with Gasteiger partial charge in [-0.15, -0.1) is 0 Å². The zero-order valence-electron chi connectivity index (χ0n) is 17.6. The molecule has 1 saturated heterocycles. The predicted molar refractivity (Wildman–Crippen MR) is 116 cm³/mol. The molecule has 0 bridgehead atoms. The smallest absolute Gasteiger partial charge is 0.243 e. The van der Waals surface area contributed by atoms with Gasteiger partial charge in [0, 0.05) is 18.9 Å². The number of ether oxygens (including phenoxy) is 1. The maximum atomic E-state index is 13.6. The Balaban J connectivity index is 1.65. The van der Waals surface area contributed by atoms with Gasteiger partial charge in [-0.1, -0.05) is 0 Å². The second-order valence-corrected chi connectivity index (χ2v) is 9.26. The number of methoxy groups -OCH3 is 1. The quantitative estimate of drug-likeness (QED) is 0.622. The van der Waals surface area contributed by atoms with E-state index in [2.05, 4.69) is 25.3 Å². The molecule has 1 fully saturated rings. The fourth-order valence-corrected chi connectivity index (χ4v) is 5.77. The molecule has 3 aromatic rings. The first-order chi connectivity index (χ1) is 14.9. The van der Waals surface area contributed by atoms with Gasteiger partial charge < -0.3 is 10.1 Å². The van der Waals surface area contributed by atoms with Crippen molar-refractivity contribution in [3.05, 3.63) is 59.9 Å². The van der Waals surface area contributed by atoms with Crippen LogP contribution in [0.3, 0.4) is 0 Å². The molecule has 31 heavy (non-hydrogen) atoms. The second kappa shape index (κ2) is 8.56. The summed E-state index contributed by atoms with van der Waals surface area (Å²) in [4.78, 5) is 17.3. The van der Waals surface area contributed by atoms with Crippen LogP contribution in [0.4, 0.5) is 11.6 Å². The van der Waals surface area contributed by atoms with E-state index in [1.54, 1.807) is 57.2 Å². The van der Waals surface area contributed by atoms with Crippen molar-refractivity contribution < 1.29 is 13.2 Å². The molecule has 9 nitrogen and oxygen atoms in total. The SMILES string of the molecule is COc1cc(C)c(S(=O)(=O)N2CCC[C@@H]2c2cncc(Nc3cnccn3)n2)cc1C. The lowest BCUT2D eigenvalue weighted by Gasteiger charge is -2.25. The summed E-state index contributed by atoms with van der Waals surface area (Å²) < 4.78 is 34.0. The number of aromatic nitrogens is 4. The molecule has 10 heteroatoms. The second-order valence-electron chi connectivity index (χ2n) is 7.41. The summed E-state index contributed by atoms with van der Waals surface area (Å²) in [5.74, 6) is 1.69. The lowest BCUT2D eigenvalue weighted by atomic mass is 10.1. The van der Waals surface area contributed by atoms with E-state index in [1.807, 2.05) is 6.92 Å². The fraction of sp³-hybridized carbons (Fsp3) is 0.333. The van der Waals surface area contributed by atoms with Gasteiger partial charge in [-0.25, -0.2) is 18.4 Å². The first-order valence-corrected chi connectivity index (χ1v) is 11.4. The third-order valence-corrected chi connectivity index (χ3v) is 7.35. The molecular weight excluding hydrogens is 416 g/mol. The van der Waals surface area contributed by atoms with Crippen LogP contribution in [0.15, 0.2) is 48.0 Å². The highest BCUT2D eigenvalue weighted by Gasteiger charge is 2.38. The Labute approximate surface area is 181 Å². The first kappa shape index (κ1) is 21.1. The number of sulfonamides is 1. The minimum atomic E-state index is -3.72. The number of anilines is 2. The van der Waals surface area contributed by atoms with Crippen LogP contribution in [0.1, 0.15) is 35.7 Å². The van der Waals surface area contributed by atoms with Crippen molar-refractivity contribution in [1.82, 2.24) is 24.2 Å². The maximum absolute atomic E-state index is 13.6. The molecule has 162 valence electrons. The van der Waals surface area contributed by atoms with Crippen molar-refractivity contribution in [1.29, 1.82) is 0 Å². The van der Waals surface area contributed by atoms with Crippen LogP contribution < -0.4 is 10.1 Å². The van der Waals surface area contributed by atoms with E-state index in [1.165, 1.54) is 4.31 Å². The number of hydrogen-bond acceptors (Lipinski definition) is 8. The zero-order chi connectivity index (χ0) is 22.0. The average molecular weight is 441 g/mol. The predicted octanol–water partition coefficient (Wildman–Crippen LogP) is 3.16. The van der Waals surface area contributed by atoms with Crippen molar-refractivity contribution in [2.45, 2.75) is 37.6 Å². The van der Waals surface area contributed by atoms with Gasteiger partial charge in [0.15, 0.2) is 0 Å². The van der Waals surface area contributed by atoms with Crippen LogP contribution in [-0.4, -0.2) is 46.3 Å². The lowest BCUT2D eigenvalue weighted by molar-refractivity contribution is 0.389. The molecule has 0 amide bonds. The first-order valence-electron chi connectivity index (χ1n) is 9.92. The average Bonchev–Trinajstić information content (AvgIpc) is 3.27. The molecule has 1 atom stereocenters. The molecule has 0 spiro atoms. The Morgan fingerprint density at radius 2 is 1.87 bits per heavy atom. The molecule has 1 aliphatic rings. The number of benzene rings is 1. The molecule has 3 heterocycles. The summed E-state index contributed by atoms with van der Waals surface area (Å²) in [6, 6.07) is 3.05. The van der Waals surface area contributed by atoms with Crippen molar-refractivity contribution in [3.8, 4) is 5.75 Å². The molecule has 1 aliphatic heterocycles. The van der Waals surface area contributed by atoms with Crippen molar-refractivity contribution in [3.63, 3.8) is 0 Å². The summed E-state index contributed by atoms with van der Waals surface area (Å²) in [6.07, 6.45) is 9.35. The van der Waals surface area contributed by atoms with Gasteiger partial charge in [0.1, 0.15) is 17.4 Å². The third kappa shape index (κ3) is 4.21. The summed E-state index contributed by atoms with van der Waals surface area (Å²) >= 11 is 0. The number of nitrogens with one attached hydrogen (secondary N) is 1. The number of rotatable bonds is 6. The highest BCUT2D eigenvalue weighted by molar-refractivity contribution is 7.89. The molecule has 0 aliphatic carbocycles. The van der Waals surface area contributed by atoms with Crippen molar-refractivity contribution in [2.24, 2.45) is 0 Å². The van der Waals surface area contributed by atoms with Crippen LogP contribution in [0, 0.1) is 13.8 Å². The minimum Gasteiger partial charge on any atom is -0.496 e. The van der Waals surface area contributed by atoms with E-state index in [9.17, 15) is 8.42 Å². The fourth-order valence-electron chi connectivity index (χ4n) is 3.81. The molecule has 0 unspecified atom stereocenters. The van der Waals surface area contributed by atoms with Crippen LogP contribution in [0.2, 0.25) is 0 Å². The highest BCUT2D eigenvalue weighted by atomic mass is 32.2. The van der Waals surface area contributed by atoms with Gasteiger partial charge in [-0.05, 0) is 49.9 Å². The van der Waals surface area contributed by atoms with E-state index in [0.29, 0.717) is 46.5 Å². The van der Waals surface area contributed by atoms with E-state index < -0.39 is 10.0 Å². The Hall–Kier alpha value is -3.11. The van der Waals surface area contributed by atoms with Gasteiger partial charge in [0.2, 0.25) is 10.0 Å². The third-order valence-electron chi connectivity index (χ3n) is 5.30. The largest absolute Gasteiger partial charge is 0.496 e. The van der Waals surface area contributed by atoms with Crippen LogP contribution in [0.5, 0.6) is 5.75 Å². The van der Waals surface area contributed by atoms with Crippen molar-refractivity contribution >= 4 is 21.7 Å². The number of aryl methyl sites for hydroxylation is 2. The summed E-state index contributed by atoms with van der Waals surface area (Å²) in [6.45, 7) is 4.05. The standard InChI is InChI=1S/C21H24N6O3S/c1-14-10-19(15(2)9-18(14)30-3)31(28,29)27-8-4-5-17(27)16-11-23-13-21(25-16)26-20-12-22-6-7-24-20/h6-7,9-13,17H,4-5,8H2,1-3H3,(H,24,25,26)/t17-/m1/s1. The Morgan fingerprint density at radius 1 is 1.06 bits per heavy atom. The van der Waals surface area contributed by atoms with E-state index in [-0.39, 0.29) is 6.04 Å². The maximum Gasteiger partial charge on any atom is 0.243 e. The Morgan fingerprint density at radius 3 is 2.61 bits per heavy atom. The molecule has 4 rings (SSSR count). The lowest BCUT2D eigenvalue weighted by Crippen LogP contribution is -2.31. The zero-order valence-corrected chi connectivity index (χ0v) is 18.4. The Kier molecular flexibility index (Phi) is 5.84. The number of nitrogens with zero attached hydrogens (tertiary/aromatic N) is 5. The van der Waals surface area contributed by atoms with Gasteiger partial charge in [0.25, 0.3) is 0 Å². The molecule has 0 radical (unpaired) electrons. The van der Waals surface area contributed by atoms with Gasteiger partial charge >= 0.3 is 0 Å². The summed E-state index contributed by atoms with van der Waals surface area (Å²) in [7, 11) is -2.14. The van der Waals surface area contributed by atoms with Crippen LogP contribution in [0.25, 0.3) is 0 Å². The summed E-state index contributed by atoms with van der Waals surface area (Å²) in [5, 5.41) is 3.05. The van der Waals surface area contributed by atoms with Gasteiger partial charge in [0.05, 0.1) is 42.3 Å². The normalized spacial score (nSPS) is 16.9. The van der Waals surface area contributed by atoms with Crippen LogP contribution in [-0.2, 0) is 10.0 Å². The molecule has 1 aromatic carbocycles. The van der Waals surface area contributed by atoms with Crippen LogP contribution >= 0.6 is 0 Å². The number of hydrogen-bond donors (Lipinski definition) is 1. The topological polar surface area (TPSA) is 110 Å². The van der Waals surface area contributed by atoms with Crippen molar-refractivity contribution in [2.75, 3.05) is 19.0 Å². The van der Waals surface area contributed by atoms with E-state index in [4.69, 9.17) is 4.74 Å². The molecule has 1 N–H and O–H groups in total. The van der Waals surface area contributed by atoms with E-state index in [0.717, 1.165) is 12.0 Å². The van der Waals surface area contributed by atoms with Gasteiger partial charge in [-0.2, -0.15) is 4.31 Å². The van der Waals surface area contributed by atoms with Gasteiger partial charge in [-0.3, -0.25) is 9.97 Å². The molecular formula is C21H24N6O3S. The monoisotopic (exact) mass is 440 g/mol.